The fraction of sp³-hybridized carbons (Fsp3) is 0.917. The first-order valence-electron chi connectivity index (χ1n) is 6.39. The summed E-state index contributed by atoms with van der Waals surface area (Å²) in [7, 11) is -0.559. The molecule has 0 unspecified atom stereocenters. The summed E-state index contributed by atoms with van der Waals surface area (Å²) in [5.74, 6) is 1.14. The minimum absolute atomic E-state index is 0.483. The van der Waals surface area contributed by atoms with Crippen molar-refractivity contribution in [2.75, 3.05) is 0 Å². The average Bonchev–Trinajstić information content (AvgIpc) is 2.72. The second-order valence-electron chi connectivity index (χ2n) is 5.16. The van der Waals surface area contributed by atoms with E-state index in [-0.39, 0.29) is 0 Å². The number of ketones is 1. The van der Waals surface area contributed by atoms with Crippen molar-refractivity contribution < 1.29 is 4.79 Å². The number of carbonyl (C=O) groups is 1. The largest absolute Gasteiger partial charge is 0.300 e. The molecule has 1 aliphatic heterocycles. The lowest BCUT2D eigenvalue weighted by atomic mass is 9.87. The molecule has 1 saturated carbocycles. The van der Waals surface area contributed by atoms with Crippen LogP contribution >= 0.6 is 0 Å². The molecule has 1 nitrogen and oxygen atoms in total. The zero-order valence-corrected chi connectivity index (χ0v) is 10.3. The SMILES string of the molecule is O=C(C[SiH]1CCCC1)C1CCCCC1. The van der Waals surface area contributed by atoms with Gasteiger partial charge in [0.2, 0.25) is 0 Å². The molecule has 2 heteroatoms. The molecule has 0 aromatic rings. The van der Waals surface area contributed by atoms with Crippen LogP contribution in [0.3, 0.4) is 0 Å². The van der Waals surface area contributed by atoms with E-state index in [1.165, 1.54) is 57.0 Å². The zero-order valence-electron chi connectivity index (χ0n) is 9.13. The highest BCUT2D eigenvalue weighted by atomic mass is 28.3. The quantitative estimate of drug-likeness (QED) is 0.654. The second-order valence-corrected chi connectivity index (χ2v) is 8.45. The van der Waals surface area contributed by atoms with E-state index < -0.39 is 8.80 Å². The summed E-state index contributed by atoms with van der Waals surface area (Å²) in [6.07, 6.45) is 9.25. The highest BCUT2D eigenvalue weighted by molar-refractivity contribution is 6.63. The highest BCUT2D eigenvalue weighted by Gasteiger charge is 2.25. The molecule has 2 fully saturated rings. The van der Waals surface area contributed by atoms with E-state index in [9.17, 15) is 4.79 Å². The van der Waals surface area contributed by atoms with Gasteiger partial charge in [-0.3, -0.25) is 4.79 Å². The molecule has 0 radical (unpaired) electrons. The predicted molar refractivity (Wildman–Crippen MR) is 62.4 cm³/mol. The topological polar surface area (TPSA) is 17.1 Å². The number of Topliss-reactive ketones (excluding diaryl/α,β-unsaturated/α-hetero) is 1. The number of rotatable bonds is 3. The number of hydrogen-bond donors (Lipinski definition) is 0. The summed E-state index contributed by atoms with van der Waals surface area (Å²) in [6, 6.07) is 3.96. The van der Waals surface area contributed by atoms with E-state index in [0.29, 0.717) is 11.7 Å². The van der Waals surface area contributed by atoms with Crippen LogP contribution < -0.4 is 0 Å². The molecule has 0 bridgehead atoms. The summed E-state index contributed by atoms with van der Waals surface area (Å²) in [6.45, 7) is 0. The van der Waals surface area contributed by atoms with Gasteiger partial charge in [-0.1, -0.05) is 44.2 Å². The molecule has 0 aromatic carbocycles. The molecule has 14 heavy (non-hydrogen) atoms. The molecule has 0 aromatic heterocycles. The van der Waals surface area contributed by atoms with Crippen LogP contribution in [0.4, 0.5) is 0 Å². The third-order valence-electron chi connectivity index (χ3n) is 4.03. The van der Waals surface area contributed by atoms with E-state index in [1.807, 2.05) is 0 Å². The maximum atomic E-state index is 12.0. The minimum atomic E-state index is -0.559. The Hall–Kier alpha value is -0.113. The lowest BCUT2D eigenvalue weighted by Crippen LogP contribution is -2.22. The average molecular weight is 210 g/mol. The maximum Gasteiger partial charge on any atom is 0.133 e. The lowest BCUT2D eigenvalue weighted by molar-refractivity contribution is -0.121. The van der Waals surface area contributed by atoms with Gasteiger partial charge in [0.05, 0.1) is 0 Å². The van der Waals surface area contributed by atoms with Gasteiger partial charge in [0, 0.05) is 14.7 Å². The van der Waals surface area contributed by atoms with E-state index in [4.69, 9.17) is 0 Å². The first kappa shape index (κ1) is 10.4. The second kappa shape index (κ2) is 5.10. The Balaban J connectivity index is 1.75. The smallest absolute Gasteiger partial charge is 0.133 e. The fourth-order valence-corrected chi connectivity index (χ4v) is 6.42. The molecular formula is C12H22OSi. The first-order valence-corrected chi connectivity index (χ1v) is 8.84. The molecule has 1 aliphatic carbocycles. The summed E-state index contributed by atoms with van der Waals surface area (Å²) >= 11 is 0. The third-order valence-corrected chi connectivity index (χ3v) is 7.45. The molecule has 2 aliphatic rings. The first-order chi connectivity index (χ1) is 6.86. The Labute approximate surface area is 88.9 Å². The van der Waals surface area contributed by atoms with Gasteiger partial charge >= 0.3 is 0 Å². The van der Waals surface area contributed by atoms with E-state index in [2.05, 4.69) is 0 Å². The molecular weight excluding hydrogens is 188 g/mol. The molecule has 2 rings (SSSR count). The van der Waals surface area contributed by atoms with Crippen LogP contribution in [0.2, 0.25) is 18.1 Å². The molecule has 0 atom stereocenters. The van der Waals surface area contributed by atoms with Gasteiger partial charge in [0.1, 0.15) is 5.78 Å². The zero-order chi connectivity index (χ0) is 9.80. The maximum absolute atomic E-state index is 12.0. The summed E-state index contributed by atoms with van der Waals surface area (Å²) in [5.41, 5.74) is 0. The Morgan fingerprint density at radius 1 is 1.00 bits per heavy atom. The van der Waals surface area contributed by atoms with Gasteiger partial charge in [-0.2, -0.15) is 0 Å². The van der Waals surface area contributed by atoms with E-state index >= 15 is 0 Å². The molecule has 1 saturated heterocycles. The summed E-state index contributed by atoms with van der Waals surface area (Å²) in [5, 5.41) is 0. The fourth-order valence-electron chi connectivity index (χ4n) is 3.09. The van der Waals surface area contributed by atoms with Crippen LogP contribution in [0.1, 0.15) is 44.9 Å². The van der Waals surface area contributed by atoms with Crippen LogP contribution in [-0.2, 0) is 4.79 Å². The number of carbonyl (C=O) groups excluding carboxylic acids is 1. The number of hydrogen-bond acceptors (Lipinski definition) is 1. The van der Waals surface area contributed by atoms with Crippen molar-refractivity contribution in [3.8, 4) is 0 Å². The predicted octanol–water partition coefficient (Wildman–Crippen LogP) is 3.16. The lowest BCUT2D eigenvalue weighted by Gasteiger charge is -2.21. The van der Waals surface area contributed by atoms with Crippen molar-refractivity contribution >= 4 is 14.6 Å². The van der Waals surface area contributed by atoms with Gasteiger partial charge in [0.15, 0.2) is 0 Å². The van der Waals surface area contributed by atoms with Crippen LogP contribution in [0.5, 0.6) is 0 Å². The van der Waals surface area contributed by atoms with Crippen LogP contribution in [-0.4, -0.2) is 14.6 Å². The monoisotopic (exact) mass is 210 g/mol. The van der Waals surface area contributed by atoms with E-state index in [0.717, 1.165) is 6.04 Å². The normalized spacial score (nSPS) is 25.4. The van der Waals surface area contributed by atoms with Crippen LogP contribution in [0, 0.1) is 5.92 Å². The Bertz CT molecular complexity index is 190. The summed E-state index contributed by atoms with van der Waals surface area (Å²) < 4.78 is 0. The Morgan fingerprint density at radius 3 is 2.29 bits per heavy atom. The van der Waals surface area contributed by atoms with Gasteiger partial charge in [-0.05, 0) is 18.9 Å². The molecule has 0 spiro atoms. The van der Waals surface area contributed by atoms with Crippen molar-refractivity contribution in [1.82, 2.24) is 0 Å². The van der Waals surface area contributed by atoms with E-state index in [1.54, 1.807) is 0 Å². The standard InChI is InChI=1S/C12H22OSi/c13-12(10-14-8-4-5-9-14)11-6-2-1-3-7-11/h11,14H,1-10H2. The minimum Gasteiger partial charge on any atom is -0.300 e. The van der Waals surface area contributed by atoms with Crippen molar-refractivity contribution in [1.29, 1.82) is 0 Å². The van der Waals surface area contributed by atoms with Gasteiger partial charge in [-0.15, -0.1) is 0 Å². The highest BCUT2D eigenvalue weighted by Crippen LogP contribution is 2.29. The molecule has 80 valence electrons. The third kappa shape index (κ3) is 2.69. The van der Waals surface area contributed by atoms with Crippen LogP contribution in [0.15, 0.2) is 0 Å². The van der Waals surface area contributed by atoms with Crippen molar-refractivity contribution in [3.05, 3.63) is 0 Å². The van der Waals surface area contributed by atoms with Crippen molar-refractivity contribution in [3.63, 3.8) is 0 Å². The Kier molecular flexibility index (Phi) is 3.79. The van der Waals surface area contributed by atoms with Gasteiger partial charge < -0.3 is 0 Å². The van der Waals surface area contributed by atoms with Crippen molar-refractivity contribution in [2.45, 2.75) is 63.1 Å². The Morgan fingerprint density at radius 2 is 1.64 bits per heavy atom. The van der Waals surface area contributed by atoms with Crippen molar-refractivity contribution in [2.24, 2.45) is 5.92 Å². The van der Waals surface area contributed by atoms with Crippen LogP contribution in [0.25, 0.3) is 0 Å². The molecule has 1 heterocycles. The van der Waals surface area contributed by atoms with Gasteiger partial charge in [0.25, 0.3) is 0 Å². The van der Waals surface area contributed by atoms with Gasteiger partial charge in [-0.25, -0.2) is 0 Å². The molecule has 0 amide bonds. The molecule has 0 N–H and O–H groups in total. The summed E-state index contributed by atoms with van der Waals surface area (Å²) in [4.78, 5) is 12.0.